The first-order valence-electron chi connectivity index (χ1n) is 7.39. The molecule has 10 nitrogen and oxygen atoms in total. The molecule has 0 amide bonds. The third-order valence-electron chi connectivity index (χ3n) is 2.76. The number of carbonyl (C=O) groups excluding carboxylic acids is 2. The van der Waals surface area contributed by atoms with Gasteiger partial charge in [0, 0.05) is 11.1 Å². The number of phenols is 6. The summed E-state index contributed by atoms with van der Waals surface area (Å²) in [5.41, 5.74) is -0.800. The summed E-state index contributed by atoms with van der Waals surface area (Å²) in [4.78, 5) is 20.4. The molecule has 2 rings (SSSR count). The number of benzene rings is 2. The van der Waals surface area contributed by atoms with E-state index in [1.165, 1.54) is 0 Å². The van der Waals surface area contributed by atoms with Crippen LogP contribution in [0.1, 0.15) is 34.1 Å². The Hall–Kier alpha value is -3.30. The summed E-state index contributed by atoms with van der Waals surface area (Å²) >= 11 is 4.67. The molecular formula is C17H17CuO10. The van der Waals surface area contributed by atoms with E-state index in [9.17, 15) is 19.8 Å². The van der Waals surface area contributed by atoms with Crippen molar-refractivity contribution in [2.24, 2.45) is 0 Å². The molecule has 0 spiro atoms. The van der Waals surface area contributed by atoms with Gasteiger partial charge < -0.3 is 50.4 Å². The van der Waals surface area contributed by atoms with Gasteiger partial charge in [0.15, 0.2) is 34.5 Å². The van der Waals surface area contributed by atoms with Crippen molar-refractivity contribution in [2.45, 2.75) is 18.7 Å². The number of carbonyl (C=O) groups is 2. The Labute approximate surface area is 167 Å². The standard InChI is InChI=1S/2C7H6O5.C3H7.Cu/c2*8-4-1-3(7(11)12)2-5(9)6(4)10;1-3-2;/h2*1-2,8-10H,(H,11,12);1,3H2,2H3;/q;;;+2/p-2. The van der Waals surface area contributed by atoms with Gasteiger partial charge in [-0.15, -0.1) is 0 Å². The first kappa shape index (κ1) is 24.7. The topological polar surface area (TPSA) is 202 Å². The number of carboxylic acids is 2. The van der Waals surface area contributed by atoms with E-state index in [-0.39, 0.29) is 0 Å². The van der Waals surface area contributed by atoms with E-state index < -0.39 is 57.6 Å². The summed E-state index contributed by atoms with van der Waals surface area (Å²) in [6.45, 7) is 2.07. The van der Waals surface area contributed by atoms with Crippen molar-refractivity contribution in [3.05, 3.63) is 35.4 Å². The number of hydrogen-bond acceptors (Lipinski definition) is 10. The third kappa shape index (κ3) is 7.52. The number of aromatic carboxylic acids is 2. The first-order valence-corrected chi connectivity index (χ1v) is 8.05. The van der Waals surface area contributed by atoms with Crippen molar-refractivity contribution >= 4 is 11.9 Å². The molecule has 6 N–H and O–H groups in total. The fourth-order valence-corrected chi connectivity index (χ4v) is 1.44. The molecule has 0 radical (unpaired) electrons. The van der Waals surface area contributed by atoms with Crippen LogP contribution in [-0.4, -0.2) is 42.6 Å². The molecular weight excluding hydrogens is 428 g/mol. The average Bonchev–Trinajstić information content (AvgIpc) is 2.63. The Morgan fingerprint density at radius 3 is 1.11 bits per heavy atom. The van der Waals surface area contributed by atoms with Gasteiger partial charge in [-0.3, -0.25) is 0 Å². The van der Waals surface area contributed by atoms with E-state index in [4.69, 9.17) is 30.6 Å². The predicted octanol–water partition coefficient (Wildman–Crippen LogP) is -0.305. The largest absolute Gasteiger partial charge is 0.545 e. The summed E-state index contributed by atoms with van der Waals surface area (Å²) in [6, 6.07) is 3.13. The van der Waals surface area contributed by atoms with Crippen molar-refractivity contribution in [1.29, 1.82) is 0 Å². The normalized spacial score (nSPS) is 9.39. The fraction of sp³-hybridized carbons (Fsp3) is 0.176. The third-order valence-corrected chi connectivity index (χ3v) is 3.23. The van der Waals surface area contributed by atoms with Crippen LogP contribution in [0, 0.1) is 0 Å². The van der Waals surface area contributed by atoms with Gasteiger partial charge in [0.2, 0.25) is 0 Å². The number of carboxylic acid groups (broad SMARTS) is 2. The first-order chi connectivity index (χ1) is 13.0. The van der Waals surface area contributed by atoms with Gasteiger partial charge in [-0.2, -0.15) is 0 Å². The van der Waals surface area contributed by atoms with Gasteiger partial charge in [-0.1, -0.05) is 0 Å². The van der Waals surface area contributed by atoms with Crippen molar-refractivity contribution in [3.63, 3.8) is 0 Å². The number of hydrogen-bond donors (Lipinski definition) is 6. The summed E-state index contributed by atoms with van der Waals surface area (Å²) in [7, 11) is 0. The SMILES string of the molecule is CC[CH2][Cu+2].O=C([O-])c1cc(O)c(O)c(O)c1.O=C([O-])c1cc(O)c(O)c(O)c1. The Morgan fingerprint density at radius 2 is 0.964 bits per heavy atom. The quantitative estimate of drug-likeness (QED) is 0.269. The van der Waals surface area contributed by atoms with Gasteiger partial charge in [0.25, 0.3) is 0 Å². The molecule has 0 aliphatic heterocycles. The predicted molar refractivity (Wildman–Crippen MR) is 86.6 cm³/mol. The number of rotatable bonds is 3. The van der Waals surface area contributed by atoms with Crippen molar-refractivity contribution in [3.8, 4) is 34.5 Å². The maximum absolute atomic E-state index is 10.2. The minimum absolute atomic E-state index is 0.400. The van der Waals surface area contributed by atoms with Crippen LogP contribution >= 0.6 is 0 Å². The van der Waals surface area contributed by atoms with Gasteiger partial charge in [-0.25, -0.2) is 0 Å². The van der Waals surface area contributed by atoms with E-state index in [0.717, 1.165) is 36.0 Å². The van der Waals surface area contributed by atoms with Crippen LogP contribution in [0.25, 0.3) is 0 Å². The second-order valence-corrected chi connectivity index (χ2v) is 5.42. The van der Waals surface area contributed by atoms with Crippen LogP contribution in [-0.2, 0) is 16.0 Å². The molecule has 11 heteroatoms. The second kappa shape index (κ2) is 11.4. The molecule has 28 heavy (non-hydrogen) atoms. The van der Waals surface area contributed by atoms with Crippen LogP contribution in [0.4, 0.5) is 0 Å². The van der Waals surface area contributed by atoms with Crippen LogP contribution < -0.4 is 10.2 Å². The fourth-order valence-electron chi connectivity index (χ4n) is 1.44. The summed E-state index contributed by atoms with van der Waals surface area (Å²) in [5, 5.41) is 74.2. The minimum Gasteiger partial charge on any atom is -0.545 e. The Bertz CT molecular complexity index is 719. The van der Waals surface area contributed by atoms with Gasteiger partial charge in [-0.05, 0) is 24.3 Å². The zero-order valence-corrected chi connectivity index (χ0v) is 15.3. The molecule has 0 saturated heterocycles. The molecule has 156 valence electrons. The molecule has 0 saturated carbocycles. The van der Waals surface area contributed by atoms with E-state index >= 15 is 0 Å². The summed E-state index contributed by atoms with van der Waals surface area (Å²) in [5.74, 6) is -7.38. The van der Waals surface area contributed by atoms with E-state index in [1.54, 1.807) is 0 Å². The zero-order chi connectivity index (χ0) is 22.0. The molecule has 0 unspecified atom stereocenters. The van der Waals surface area contributed by atoms with Crippen LogP contribution in [0.5, 0.6) is 34.5 Å². The maximum Gasteiger partial charge on any atom is 0.200 e. The monoisotopic (exact) mass is 444 g/mol. The van der Waals surface area contributed by atoms with Crippen molar-refractivity contribution in [2.75, 3.05) is 0 Å². The average molecular weight is 445 g/mol. The maximum atomic E-state index is 10.2. The van der Waals surface area contributed by atoms with Gasteiger partial charge in [0.05, 0.1) is 11.9 Å². The van der Waals surface area contributed by atoms with E-state index in [0.29, 0.717) is 0 Å². The van der Waals surface area contributed by atoms with Crippen LogP contribution in [0.15, 0.2) is 24.3 Å². The zero-order valence-electron chi connectivity index (χ0n) is 14.3. The molecule has 2 aromatic carbocycles. The minimum atomic E-state index is -1.54. The molecule has 0 fully saturated rings. The van der Waals surface area contributed by atoms with E-state index in [2.05, 4.69) is 22.9 Å². The van der Waals surface area contributed by atoms with Crippen molar-refractivity contribution < 1.29 is 66.5 Å². The molecule has 0 heterocycles. The molecule has 2 aromatic rings. The smallest absolute Gasteiger partial charge is 0.200 e. The Morgan fingerprint density at radius 1 is 0.750 bits per heavy atom. The molecule has 0 aromatic heterocycles. The molecule has 0 atom stereocenters. The molecule has 0 aliphatic rings. The summed E-state index contributed by atoms with van der Waals surface area (Å²) in [6.07, 6.45) is 1.12. The van der Waals surface area contributed by atoms with E-state index in [1.807, 2.05) is 0 Å². The second-order valence-electron chi connectivity index (χ2n) is 4.95. The molecule has 0 aliphatic carbocycles. The Kier molecular flexibility index (Phi) is 10.1. The van der Waals surface area contributed by atoms with Crippen LogP contribution in [0.2, 0.25) is 5.32 Å². The number of phenolic OH excluding ortho intramolecular Hbond substituents is 6. The molecule has 0 bridgehead atoms. The van der Waals surface area contributed by atoms with Gasteiger partial charge in [0.1, 0.15) is 0 Å². The Balaban J connectivity index is 0.000000439. The van der Waals surface area contributed by atoms with Crippen molar-refractivity contribution in [1.82, 2.24) is 0 Å². The van der Waals surface area contributed by atoms with Gasteiger partial charge >= 0.3 is 34.7 Å². The summed E-state index contributed by atoms with van der Waals surface area (Å²) < 4.78 is 0. The number of aromatic hydroxyl groups is 6. The van der Waals surface area contributed by atoms with Crippen LogP contribution in [0.3, 0.4) is 0 Å².